The minimum atomic E-state index is -0.342. The molecule has 1 aliphatic heterocycles. The highest BCUT2D eigenvalue weighted by Gasteiger charge is 2.44. The van der Waals surface area contributed by atoms with Crippen LogP contribution in [0.3, 0.4) is 0 Å². The molecule has 38 heavy (non-hydrogen) atoms. The molecule has 0 radical (unpaired) electrons. The molecule has 5 nitrogen and oxygen atoms in total. The van der Waals surface area contributed by atoms with E-state index in [-0.39, 0.29) is 35.1 Å². The van der Waals surface area contributed by atoms with Gasteiger partial charge in [0.1, 0.15) is 5.82 Å². The van der Waals surface area contributed by atoms with Gasteiger partial charge in [0.05, 0.1) is 0 Å². The van der Waals surface area contributed by atoms with Crippen molar-refractivity contribution < 1.29 is 18.8 Å². The zero-order chi connectivity index (χ0) is 26.2. The van der Waals surface area contributed by atoms with Gasteiger partial charge in [0.2, 0.25) is 0 Å². The molecule has 3 aliphatic rings. The van der Waals surface area contributed by atoms with Crippen LogP contribution < -0.4 is 0 Å². The maximum absolute atomic E-state index is 14.0. The molecular formula is C32H33FN2O3. The molecule has 0 saturated carbocycles. The zero-order valence-electron chi connectivity index (χ0n) is 21.6. The summed E-state index contributed by atoms with van der Waals surface area (Å²) in [7, 11) is 0. The summed E-state index contributed by atoms with van der Waals surface area (Å²) < 4.78 is 15.1. The van der Waals surface area contributed by atoms with Crippen LogP contribution in [0.5, 0.6) is 0 Å². The number of benzene rings is 2. The van der Waals surface area contributed by atoms with Crippen molar-refractivity contribution in [1.29, 1.82) is 0 Å². The number of halogens is 1. The first kappa shape index (κ1) is 24.9. The summed E-state index contributed by atoms with van der Waals surface area (Å²) in [6, 6.07) is 15.1. The first-order chi connectivity index (χ1) is 18.5. The third-order valence-corrected chi connectivity index (χ3v) is 8.72. The average molecular weight is 513 g/mol. The minimum absolute atomic E-state index is 0.0143. The number of carbonyl (C=O) groups excluding carboxylic acids is 3. The minimum Gasteiger partial charge on any atom is -0.303 e. The molecule has 2 atom stereocenters. The number of Topliss-reactive ketones (excluding diaryl/α,β-unsaturated/α-hetero) is 2. The zero-order valence-corrected chi connectivity index (χ0v) is 21.6. The Morgan fingerprint density at radius 1 is 0.921 bits per heavy atom. The highest BCUT2D eigenvalue weighted by Crippen LogP contribution is 2.41. The van der Waals surface area contributed by atoms with Gasteiger partial charge in [-0.25, -0.2) is 4.39 Å². The number of likely N-dealkylation sites (tertiary alicyclic amines) is 1. The van der Waals surface area contributed by atoms with Crippen molar-refractivity contribution in [3.63, 3.8) is 0 Å². The number of hydrogen-bond acceptors (Lipinski definition) is 4. The fourth-order valence-corrected chi connectivity index (χ4v) is 6.78. The van der Waals surface area contributed by atoms with Crippen molar-refractivity contribution in [3.05, 3.63) is 94.1 Å². The van der Waals surface area contributed by atoms with E-state index in [0.717, 1.165) is 74.1 Å². The SMILES string of the molecule is O=C(CCCN1CC[C@H]2Cc3c(c4c(n3C(=O)c3ccccc3)CCCC4)C(=O)[C@@H]2C1)c1ccc(F)cc1. The van der Waals surface area contributed by atoms with Crippen LogP contribution in [0, 0.1) is 17.7 Å². The van der Waals surface area contributed by atoms with Crippen LogP contribution in [0.1, 0.15) is 80.1 Å². The second-order valence-electron chi connectivity index (χ2n) is 11.0. The van der Waals surface area contributed by atoms with Gasteiger partial charge in [-0.15, -0.1) is 0 Å². The Labute approximate surface area is 222 Å². The number of rotatable bonds is 6. The van der Waals surface area contributed by atoms with Crippen molar-refractivity contribution in [2.75, 3.05) is 19.6 Å². The predicted molar refractivity (Wildman–Crippen MR) is 143 cm³/mol. The Hall–Kier alpha value is -3.38. The second kappa shape index (κ2) is 10.4. The van der Waals surface area contributed by atoms with Gasteiger partial charge in [0.25, 0.3) is 5.91 Å². The van der Waals surface area contributed by atoms with Gasteiger partial charge in [-0.2, -0.15) is 0 Å². The fourth-order valence-electron chi connectivity index (χ4n) is 6.78. The van der Waals surface area contributed by atoms with Gasteiger partial charge in [0.15, 0.2) is 11.6 Å². The van der Waals surface area contributed by atoms with Crippen molar-refractivity contribution in [2.45, 2.75) is 51.4 Å². The van der Waals surface area contributed by atoms with E-state index in [0.29, 0.717) is 30.5 Å². The first-order valence-electron chi connectivity index (χ1n) is 13.9. The molecule has 2 aliphatic carbocycles. The number of carbonyl (C=O) groups is 3. The maximum Gasteiger partial charge on any atom is 0.262 e. The third kappa shape index (κ3) is 4.55. The highest BCUT2D eigenvalue weighted by molar-refractivity contribution is 6.05. The van der Waals surface area contributed by atoms with Crippen LogP contribution in [0.25, 0.3) is 0 Å². The molecule has 0 spiro atoms. The molecular weight excluding hydrogens is 479 g/mol. The average Bonchev–Trinajstić information content (AvgIpc) is 3.28. The second-order valence-corrected chi connectivity index (χ2v) is 11.0. The van der Waals surface area contributed by atoms with E-state index in [1.54, 1.807) is 0 Å². The summed E-state index contributed by atoms with van der Waals surface area (Å²) in [5, 5.41) is 0. The maximum atomic E-state index is 14.0. The van der Waals surface area contributed by atoms with Crippen LogP contribution in [-0.4, -0.2) is 46.6 Å². The van der Waals surface area contributed by atoms with Crippen molar-refractivity contribution in [2.24, 2.45) is 11.8 Å². The first-order valence-corrected chi connectivity index (χ1v) is 13.9. The van der Waals surface area contributed by atoms with E-state index in [9.17, 15) is 18.8 Å². The van der Waals surface area contributed by atoms with E-state index in [4.69, 9.17) is 0 Å². The van der Waals surface area contributed by atoms with E-state index in [2.05, 4.69) is 4.90 Å². The van der Waals surface area contributed by atoms with Gasteiger partial charge >= 0.3 is 0 Å². The molecule has 3 aromatic rings. The molecule has 6 rings (SSSR count). The van der Waals surface area contributed by atoms with Crippen molar-refractivity contribution in [3.8, 4) is 0 Å². The topological polar surface area (TPSA) is 59.4 Å². The van der Waals surface area contributed by atoms with Crippen molar-refractivity contribution in [1.82, 2.24) is 9.47 Å². The van der Waals surface area contributed by atoms with Gasteiger partial charge in [-0.1, -0.05) is 18.2 Å². The van der Waals surface area contributed by atoms with Crippen LogP contribution in [0.4, 0.5) is 4.39 Å². The Bertz CT molecular complexity index is 1380. The Morgan fingerprint density at radius 2 is 1.68 bits per heavy atom. The monoisotopic (exact) mass is 512 g/mol. The lowest BCUT2D eigenvalue weighted by atomic mass is 9.72. The Kier molecular flexibility index (Phi) is 6.83. The number of ketones is 2. The largest absolute Gasteiger partial charge is 0.303 e. The summed E-state index contributed by atoms with van der Waals surface area (Å²) in [4.78, 5) is 42.5. The Morgan fingerprint density at radius 3 is 2.47 bits per heavy atom. The van der Waals surface area contributed by atoms with Crippen LogP contribution in [0.2, 0.25) is 0 Å². The normalized spacial score (nSPS) is 20.9. The van der Waals surface area contributed by atoms with Gasteiger partial charge in [0, 0.05) is 47.0 Å². The lowest BCUT2D eigenvalue weighted by molar-refractivity contribution is 0.0648. The molecule has 0 N–H and O–H groups in total. The lowest BCUT2D eigenvalue weighted by Gasteiger charge is -2.40. The smallest absolute Gasteiger partial charge is 0.262 e. The molecule has 0 amide bonds. The molecule has 6 heteroatoms. The lowest BCUT2D eigenvalue weighted by Crippen LogP contribution is -2.47. The van der Waals surface area contributed by atoms with E-state index in [1.807, 2.05) is 34.9 Å². The number of aromatic nitrogens is 1. The summed E-state index contributed by atoms with van der Waals surface area (Å²) in [5.74, 6) is 0.0595. The molecule has 1 aromatic heterocycles. The van der Waals surface area contributed by atoms with E-state index < -0.39 is 0 Å². The van der Waals surface area contributed by atoms with Crippen LogP contribution in [-0.2, 0) is 19.3 Å². The van der Waals surface area contributed by atoms with Gasteiger partial charge < -0.3 is 4.90 Å². The Balaban J connectivity index is 1.19. The van der Waals surface area contributed by atoms with Crippen LogP contribution >= 0.6 is 0 Å². The van der Waals surface area contributed by atoms with Crippen LogP contribution in [0.15, 0.2) is 54.6 Å². The quantitative estimate of drug-likeness (QED) is 0.407. The van der Waals surface area contributed by atoms with Gasteiger partial charge in [-0.3, -0.25) is 19.0 Å². The van der Waals surface area contributed by atoms with Gasteiger partial charge in [-0.05, 0) is 106 Å². The summed E-state index contributed by atoms with van der Waals surface area (Å²) in [6.07, 6.45) is 6.62. The molecule has 2 heterocycles. The predicted octanol–water partition coefficient (Wildman–Crippen LogP) is 5.53. The standard InChI is InChI=1S/C32H33FN2O3/c33-24-14-12-21(13-15-24)29(36)11-6-17-34-18-16-23-19-28-30(31(37)26(23)20-34)25-9-4-5-10-27(25)35(28)32(38)22-7-2-1-3-8-22/h1-3,7-8,12-15,23,26H,4-6,9-11,16-20H2/t23-,26+/m0/s1. The molecule has 1 fully saturated rings. The summed E-state index contributed by atoms with van der Waals surface area (Å²) in [6.45, 7) is 2.36. The number of fused-ring (bicyclic) bond motifs is 4. The number of nitrogens with zero attached hydrogens (tertiary/aromatic N) is 2. The fraction of sp³-hybridized carbons (Fsp3) is 0.406. The summed E-state index contributed by atoms with van der Waals surface area (Å²) >= 11 is 0. The molecule has 0 bridgehead atoms. The van der Waals surface area contributed by atoms with E-state index >= 15 is 0 Å². The molecule has 0 unspecified atom stereocenters. The highest BCUT2D eigenvalue weighted by atomic mass is 19.1. The molecule has 196 valence electrons. The van der Waals surface area contributed by atoms with E-state index in [1.165, 1.54) is 24.3 Å². The van der Waals surface area contributed by atoms with Crippen molar-refractivity contribution >= 4 is 17.5 Å². The third-order valence-electron chi connectivity index (χ3n) is 8.72. The molecule has 1 saturated heterocycles. The summed E-state index contributed by atoms with van der Waals surface area (Å²) in [5.41, 5.74) is 5.14. The number of hydrogen-bond donors (Lipinski definition) is 0. The number of piperidine rings is 1. The molecule has 2 aromatic carbocycles.